The summed E-state index contributed by atoms with van der Waals surface area (Å²) in [4.78, 5) is 12.3. The van der Waals surface area contributed by atoms with Crippen molar-refractivity contribution in [1.82, 2.24) is 30.5 Å². The Morgan fingerprint density at radius 2 is 1.12 bits per heavy atom. The lowest BCUT2D eigenvalue weighted by Crippen LogP contribution is -2.32. The Bertz CT molecular complexity index is 2600. The number of hydrogen-bond acceptors (Lipinski definition) is 3. The fourth-order valence-corrected chi connectivity index (χ4v) is 10.3. The van der Waals surface area contributed by atoms with E-state index in [1.807, 2.05) is 18.6 Å². The van der Waals surface area contributed by atoms with Gasteiger partial charge in [0.15, 0.2) is 0 Å². The number of H-pyrrole nitrogens is 3. The predicted octanol–water partition coefficient (Wildman–Crippen LogP) is 10.4. The quantitative estimate of drug-likeness (QED) is 0.112. The largest absolute Gasteiger partial charge is 0.361 e. The molecule has 11 rings (SSSR count). The van der Waals surface area contributed by atoms with Crippen molar-refractivity contribution < 1.29 is 0 Å². The molecule has 0 aliphatic carbocycles. The van der Waals surface area contributed by atoms with E-state index in [1.54, 1.807) is 0 Å². The van der Waals surface area contributed by atoms with Crippen molar-refractivity contribution in [2.24, 2.45) is 0 Å². The van der Waals surface area contributed by atoms with Crippen molar-refractivity contribution in [2.75, 3.05) is 46.3 Å². The molecule has 3 unspecified atom stereocenters. The minimum absolute atomic E-state index is 0.220. The molecule has 59 heavy (non-hydrogen) atoms. The number of aromatic amines is 3. The van der Waals surface area contributed by atoms with Gasteiger partial charge in [-0.3, -0.25) is 0 Å². The van der Waals surface area contributed by atoms with Gasteiger partial charge in [-0.25, -0.2) is 0 Å². The molecule has 3 fully saturated rings. The molecule has 3 aromatic heterocycles. The third-order valence-corrected chi connectivity index (χ3v) is 13.8. The number of rotatable bonds is 7. The van der Waals surface area contributed by atoms with E-state index in [1.165, 1.54) is 91.9 Å². The first-order valence-electron chi connectivity index (χ1n) is 21.7. The van der Waals surface area contributed by atoms with E-state index in [2.05, 4.69) is 179 Å². The van der Waals surface area contributed by atoms with Crippen molar-refractivity contribution in [3.05, 3.63) is 179 Å². The maximum Gasteiger partial charge on any atom is 0.0483 e. The van der Waals surface area contributed by atoms with Crippen LogP contribution in [0.15, 0.2) is 146 Å². The van der Waals surface area contributed by atoms with E-state index in [4.69, 9.17) is 0 Å². The van der Waals surface area contributed by atoms with Gasteiger partial charge in [0.1, 0.15) is 0 Å². The van der Waals surface area contributed by atoms with Crippen LogP contribution in [-0.4, -0.2) is 66.2 Å². The fourth-order valence-electron chi connectivity index (χ4n) is 10.3. The highest BCUT2D eigenvalue weighted by molar-refractivity contribution is 5.84. The molecule has 5 aromatic carbocycles. The Balaban J connectivity index is 0.000000116. The van der Waals surface area contributed by atoms with Crippen LogP contribution in [0.2, 0.25) is 0 Å². The molecule has 0 spiro atoms. The molecular formula is C53H60N6. The number of nitrogens with one attached hydrogen (secondary N) is 5. The van der Waals surface area contributed by atoms with Crippen molar-refractivity contribution in [1.29, 1.82) is 0 Å². The third kappa shape index (κ3) is 8.27. The number of benzene rings is 5. The van der Waals surface area contributed by atoms with E-state index in [9.17, 15) is 0 Å². The van der Waals surface area contributed by atoms with Gasteiger partial charge in [0.25, 0.3) is 0 Å². The third-order valence-electron chi connectivity index (χ3n) is 13.8. The summed E-state index contributed by atoms with van der Waals surface area (Å²) in [6, 6.07) is 46.8. The number of fused-ring (bicyclic) bond motifs is 3. The lowest BCUT2D eigenvalue weighted by Gasteiger charge is -2.30. The number of aromatic nitrogens is 3. The van der Waals surface area contributed by atoms with E-state index >= 15 is 0 Å². The van der Waals surface area contributed by atoms with Gasteiger partial charge in [-0.05, 0) is 164 Å². The molecule has 3 aliphatic heterocycles. The minimum atomic E-state index is 0.220. The molecule has 0 bridgehead atoms. The van der Waals surface area contributed by atoms with Crippen molar-refractivity contribution in [3.8, 4) is 0 Å². The van der Waals surface area contributed by atoms with Gasteiger partial charge < -0.3 is 30.5 Å². The van der Waals surface area contributed by atoms with E-state index < -0.39 is 0 Å². The molecule has 6 heteroatoms. The summed E-state index contributed by atoms with van der Waals surface area (Å²) in [5.74, 6) is 0. The SMILES string of the molecule is CC1(c2ccc3[nH]ccc3c2)CCNC1.CN1CCC(Cc2ccccc2)(c2ccc3[nH]ccc3c2)C1.Cc1cc(C2(Cc3ccccc3)CCNC2)cc2cc[nH]c12. The average molecular weight is 781 g/mol. The smallest absolute Gasteiger partial charge is 0.0483 e. The molecule has 0 amide bonds. The Hall–Kier alpha value is -5.40. The first-order chi connectivity index (χ1) is 28.8. The number of hydrogen-bond donors (Lipinski definition) is 5. The Morgan fingerprint density at radius 3 is 1.73 bits per heavy atom. The molecule has 6 nitrogen and oxygen atoms in total. The molecule has 3 atom stereocenters. The zero-order valence-corrected chi connectivity index (χ0v) is 35.1. The summed E-state index contributed by atoms with van der Waals surface area (Å²) >= 11 is 0. The van der Waals surface area contributed by atoms with Crippen LogP contribution in [0.1, 0.15) is 59.6 Å². The normalized spacial score (nSPS) is 23.0. The van der Waals surface area contributed by atoms with Gasteiger partial charge in [-0.2, -0.15) is 0 Å². The van der Waals surface area contributed by atoms with Gasteiger partial charge in [0, 0.05) is 71.0 Å². The van der Waals surface area contributed by atoms with Gasteiger partial charge in [0.2, 0.25) is 0 Å². The molecule has 0 saturated carbocycles. The summed E-state index contributed by atoms with van der Waals surface area (Å²) in [7, 11) is 2.24. The summed E-state index contributed by atoms with van der Waals surface area (Å²) in [5, 5.41) is 11.0. The van der Waals surface area contributed by atoms with Crippen molar-refractivity contribution >= 4 is 32.7 Å². The fraction of sp³-hybridized carbons (Fsp3) is 0.321. The first kappa shape index (κ1) is 39.1. The lowest BCUT2D eigenvalue weighted by atomic mass is 9.74. The zero-order chi connectivity index (χ0) is 40.3. The highest BCUT2D eigenvalue weighted by Gasteiger charge is 2.39. The van der Waals surface area contributed by atoms with Crippen LogP contribution in [0.3, 0.4) is 0 Å². The van der Waals surface area contributed by atoms with Crippen LogP contribution in [-0.2, 0) is 29.1 Å². The molecule has 5 N–H and O–H groups in total. The monoisotopic (exact) mass is 780 g/mol. The molecule has 0 radical (unpaired) electrons. The molecule has 302 valence electrons. The molecule has 6 heterocycles. The van der Waals surface area contributed by atoms with Crippen molar-refractivity contribution in [2.45, 2.75) is 62.2 Å². The van der Waals surface area contributed by atoms with E-state index in [0.29, 0.717) is 5.41 Å². The maximum absolute atomic E-state index is 3.59. The van der Waals surface area contributed by atoms with Crippen LogP contribution in [0.25, 0.3) is 32.7 Å². The molecular weight excluding hydrogens is 721 g/mol. The van der Waals surface area contributed by atoms with E-state index in [0.717, 1.165) is 45.6 Å². The van der Waals surface area contributed by atoms with Crippen LogP contribution in [0, 0.1) is 6.92 Å². The van der Waals surface area contributed by atoms with E-state index in [-0.39, 0.29) is 10.8 Å². The van der Waals surface area contributed by atoms with Gasteiger partial charge >= 0.3 is 0 Å². The van der Waals surface area contributed by atoms with Crippen LogP contribution in [0.5, 0.6) is 0 Å². The second kappa shape index (κ2) is 16.7. The highest BCUT2D eigenvalue weighted by atomic mass is 15.1. The van der Waals surface area contributed by atoms with Gasteiger partial charge in [-0.15, -0.1) is 0 Å². The summed E-state index contributed by atoms with van der Waals surface area (Å²) < 4.78 is 0. The molecule has 8 aromatic rings. The predicted molar refractivity (Wildman–Crippen MR) is 248 cm³/mol. The van der Waals surface area contributed by atoms with Crippen LogP contribution < -0.4 is 10.6 Å². The summed E-state index contributed by atoms with van der Waals surface area (Å²) in [6.45, 7) is 11.3. The topological polar surface area (TPSA) is 74.7 Å². The first-order valence-corrected chi connectivity index (χ1v) is 21.7. The van der Waals surface area contributed by atoms with Gasteiger partial charge in [0.05, 0.1) is 0 Å². The lowest BCUT2D eigenvalue weighted by molar-refractivity contribution is 0.366. The Labute approximate surface area is 349 Å². The molecule has 3 aliphatic rings. The maximum atomic E-state index is 3.59. The average Bonchev–Trinajstić information content (AvgIpc) is 4.12. The van der Waals surface area contributed by atoms with Crippen molar-refractivity contribution in [3.63, 3.8) is 0 Å². The minimum Gasteiger partial charge on any atom is -0.361 e. The standard InChI is InChI=1S/2C20H22N2.C13H16N2/c1-15-11-18(12-17-7-9-22-19(15)17)20(8-10-21-14-20)13-16-5-3-2-4-6-16;1-22-12-10-20(15-22,14-16-5-3-2-4-6-16)18-7-8-19-17(13-18)9-11-21-19;1-13(5-7-14-9-13)11-2-3-12-10(8-11)4-6-15-12/h2-7,9,11-12,21-22H,8,10,13-14H2,1H3;2-9,11,13,21H,10,12,14-15H2,1H3;2-4,6,8,14-15H,5,7,9H2,1H3. The highest BCUT2D eigenvalue weighted by Crippen LogP contribution is 2.39. The zero-order valence-electron chi connectivity index (χ0n) is 35.1. The number of likely N-dealkylation sites (N-methyl/N-ethyl adjacent to an activating group) is 1. The van der Waals surface area contributed by atoms with Crippen LogP contribution in [0.4, 0.5) is 0 Å². The number of nitrogens with zero attached hydrogens (tertiary/aromatic N) is 1. The Morgan fingerprint density at radius 1 is 0.542 bits per heavy atom. The number of likely N-dealkylation sites (tertiary alicyclic amines) is 1. The summed E-state index contributed by atoms with van der Waals surface area (Å²) in [5.41, 5.74) is 13.1. The number of aryl methyl sites for hydroxylation is 1. The summed E-state index contributed by atoms with van der Waals surface area (Å²) in [6.07, 6.45) is 12.0. The van der Waals surface area contributed by atoms with Gasteiger partial charge in [-0.1, -0.05) is 85.8 Å². The van der Waals surface area contributed by atoms with Crippen LogP contribution >= 0.6 is 0 Å². The molecule has 3 saturated heterocycles. The second-order valence-electron chi connectivity index (χ2n) is 18.1. The Kier molecular flexibility index (Phi) is 11.1. The second-order valence-corrected chi connectivity index (χ2v) is 18.1.